The second kappa shape index (κ2) is 6.52. The summed E-state index contributed by atoms with van der Waals surface area (Å²) in [6.07, 6.45) is 1.93. The first-order valence-electron chi connectivity index (χ1n) is 6.78. The number of pyridine rings is 1. The Kier molecular flexibility index (Phi) is 4.74. The average molecular weight is 263 g/mol. The largest absolute Gasteiger partial charge is 0.379 e. The van der Waals surface area contributed by atoms with Crippen molar-refractivity contribution in [2.24, 2.45) is 0 Å². The summed E-state index contributed by atoms with van der Waals surface area (Å²) >= 11 is 0. The van der Waals surface area contributed by atoms with Crippen molar-refractivity contribution >= 4 is 11.7 Å². The second-order valence-corrected chi connectivity index (χ2v) is 4.77. The lowest BCUT2D eigenvalue weighted by molar-refractivity contribution is 0.0705. The molecule has 0 bridgehead atoms. The van der Waals surface area contributed by atoms with Crippen LogP contribution in [0.3, 0.4) is 0 Å². The molecule has 0 aromatic carbocycles. The number of nitrogens with one attached hydrogen (secondary N) is 1. The summed E-state index contributed by atoms with van der Waals surface area (Å²) in [5.74, 6) is 0.708. The van der Waals surface area contributed by atoms with E-state index in [1.165, 1.54) is 0 Å². The molecule has 1 saturated heterocycles. The lowest BCUT2D eigenvalue weighted by atomic mass is 10.2. The van der Waals surface area contributed by atoms with Crippen LogP contribution < -0.4 is 5.32 Å². The molecule has 1 atom stereocenters. The zero-order valence-corrected chi connectivity index (χ0v) is 11.6. The smallest absolute Gasteiger partial charge is 0.272 e. The van der Waals surface area contributed by atoms with Crippen LogP contribution in [0, 0.1) is 0 Å². The highest BCUT2D eigenvalue weighted by molar-refractivity contribution is 5.92. The minimum Gasteiger partial charge on any atom is -0.379 e. The van der Waals surface area contributed by atoms with Crippen molar-refractivity contribution in [3.05, 3.63) is 23.9 Å². The van der Waals surface area contributed by atoms with Gasteiger partial charge in [0, 0.05) is 20.2 Å². The fraction of sp³-hybridized carbons (Fsp3) is 0.571. The van der Waals surface area contributed by atoms with Crippen LogP contribution >= 0.6 is 0 Å². The predicted molar refractivity (Wildman–Crippen MR) is 74.3 cm³/mol. The van der Waals surface area contributed by atoms with Gasteiger partial charge in [-0.1, -0.05) is 13.0 Å². The molecule has 0 saturated carbocycles. The van der Waals surface area contributed by atoms with Crippen molar-refractivity contribution in [3.63, 3.8) is 0 Å². The summed E-state index contributed by atoms with van der Waals surface area (Å²) < 4.78 is 5.31. The van der Waals surface area contributed by atoms with E-state index >= 15 is 0 Å². The molecular weight excluding hydrogens is 242 g/mol. The maximum Gasteiger partial charge on any atom is 0.272 e. The van der Waals surface area contributed by atoms with Crippen molar-refractivity contribution in [1.29, 1.82) is 0 Å². The van der Waals surface area contributed by atoms with E-state index in [0.29, 0.717) is 12.3 Å². The van der Waals surface area contributed by atoms with E-state index in [9.17, 15) is 4.79 Å². The van der Waals surface area contributed by atoms with Crippen LogP contribution in [-0.2, 0) is 4.74 Å². The number of nitrogens with zero attached hydrogens (tertiary/aromatic N) is 2. The van der Waals surface area contributed by atoms with Crippen LogP contribution in [0.1, 0.15) is 30.3 Å². The van der Waals surface area contributed by atoms with Crippen LogP contribution in [-0.4, -0.2) is 48.6 Å². The topological polar surface area (TPSA) is 54.5 Å². The van der Waals surface area contributed by atoms with Gasteiger partial charge in [-0.3, -0.25) is 4.79 Å². The summed E-state index contributed by atoms with van der Waals surface area (Å²) in [6, 6.07) is 5.66. The van der Waals surface area contributed by atoms with Crippen molar-refractivity contribution in [2.75, 3.05) is 32.1 Å². The number of carbonyl (C=O) groups is 1. The summed E-state index contributed by atoms with van der Waals surface area (Å²) in [7, 11) is 1.81. The Bertz CT molecular complexity index is 430. The van der Waals surface area contributed by atoms with Gasteiger partial charge >= 0.3 is 0 Å². The predicted octanol–water partition coefficient (Wildman–Crippen LogP) is 1.76. The highest BCUT2D eigenvalue weighted by Gasteiger charge is 2.25. The molecule has 104 valence electrons. The second-order valence-electron chi connectivity index (χ2n) is 4.77. The Hall–Kier alpha value is -1.62. The molecule has 1 unspecified atom stereocenters. The van der Waals surface area contributed by atoms with E-state index in [4.69, 9.17) is 4.74 Å². The number of likely N-dealkylation sites (N-methyl/N-ethyl adjacent to an activating group) is 1. The maximum atomic E-state index is 12.3. The monoisotopic (exact) mass is 263 g/mol. The number of hydrogen-bond acceptors (Lipinski definition) is 4. The number of carbonyl (C=O) groups excluding carboxylic acids is 1. The van der Waals surface area contributed by atoms with Crippen LogP contribution in [0.5, 0.6) is 0 Å². The Morgan fingerprint density at radius 1 is 1.58 bits per heavy atom. The van der Waals surface area contributed by atoms with E-state index in [1.54, 1.807) is 11.0 Å². The molecule has 1 aliphatic rings. The Morgan fingerprint density at radius 2 is 2.42 bits per heavy atom. The zero-order valence-electron chi connectivity index (χ0n) is 11.6. The van der Waals surface area contributed by atoms with Gasteiger partial charge in [0.15, 0.2) is 0 Å². The lowest BCUT2D eigenvalue weighted by Crippen LogP contribution is -2.37. The first kappa shape index (κ1) is 13.8. The molecule has 1 N–H and O–H groups in total. The van der Waals surface area contributed by atoms with Gasteiger partial charge in [-0.2, -0.15) is 0 Å². The normalized spacial score (nSPS) is 18.3. The molecule has 2 rings (SSSR count). The number of amides is 1. The van der Waals surface area contributed by atoms with Crippen LogP contribution in [0.15, 0.2) is 18.2 Å². The third kappa shape index (κ3) is 3.44. The van der Waals surface area contributed by atoms with Crippen LogP contribution in [0.4, 0.5) is 5.82 Å². The Labute approximate surface area is 114 Å². The molecule has 1 aliphatic heterocycles. The van der Waals surface area contributed by atoms with Gasteiger partial charge in [-0.05, 0) is 25.0 Å². The molecule has 5 nitrogen and oxygen atoms in total. The van der Waals surface area contributed by atoms with Gasteiger partial charge in [0.2, 0.25) is 0 Å². The standard InChI is InChI=1S/C14H21N3O2/c1-3-8-15-13-6-4-5-12(16-13)14(18)17(2)11-7-9-19-10-11/h4-6,11H,3,7-10H2,1-2H3,(H,15,16). The number of rotatable bonds is 5. The number of ether oxygens (including phenoxy) is 1. The van der Waals surface area contributed by atoms with E-state index < -0.39 is 0 Å². The summed E-state index contributed by atoms with van der Waals surface area (Å²) in [5.41, 5.74) is 0.482. The van der Waals surface area contributed by atoms with Crippen molar-refractivity contribution in [3.8, 4) is 0 Å². The molecule has 1 aromatic heterocycles. The lowest BCUT2D eigenvalue weighted by Gasteiger charge is -2.22. The molecule has 1 aromatic rings. The van der Waals surface area contributed by atoms with Crippen LogP contribution in [0.25, 0.3) is 0 Å². The third-order valence-corrected chi connectivity index (χ3v) is 3.30. The molecule has 2 heterocycles. The SMILES string of the molecule is CCCNc1cccc(C(=O)N(C)C2CCOC2)n1. The number of hydrogen-bond donors (Lipinski definition) is 1. The van der Waals surface area contributed by atoms with Gasteiger partial charge in [0.25, 0.3) is 5.91 Å². The molecule has 0 spiro atoms. The zero-order chi connectivity index (χ0) is 13.7. The van der Waals surface area contributed by atoms with Gasteiger partial charge in [0.05, 0.1) is 12.6 Å². The van der Waals surface area contributed by atoms with Crippen molar-refractivity contribution in [2.45, 2.75) is 25.8 Å². The van der Waals surface area contributed by atoms with Crippen LogP contribution in [0.2, 0.25) is 0 Å². The average Bonchev–Trinajstić information content (AvgIpc) is 2.98. The van der Waals surface area contributed by atoms with Gasteiger partial charge in [-0.15, -0.1) is 0 Å². The minimum absolute atomic E-state index is 0.0457. The molecule has 0 aliphatic carbocycles. The van der Waals surface area contributed by atoms with Gasteiger partial charge < -0.3 is 15.0 Å². The fourth-order valence-corrected chi connectivity index (χ4v) is 2.08. The highest BCUT2D eigenvalue weighted by Crippen LogP contribution is 2.14. The Balaban J connectivity index is 2.05. The molecule has 1 amide bonds. The molecule has 0 radical (unpaired) electrons. The van der Waals surface area contributed by atoms with E-state index in [2.05, 4.69) is 17.2 Å². The summed E-state index contributed by atoms with van der Waals surface area (Å²) in [4.78, 5) is 18.4. The quantitative estimate of drug-likeness (QED) is 0.879. The summed E-state index contributed by atoms with van der Waals surface area (Å²) in [5, 5.41) is 3.19. The molecular formula is C14H21N3O2. The van der Waals surface area contributed by atoms with E-state index in [0.717, 1.165) is 31.8 Å². The van der Waals surface area contributed by atoms with E-state index in [-0.39, 0.29) is 11.9 Å². The minimum atomic E-state index is -0.0457. The molecule has 1 fully saturated rings. The third-order valence-electron chi connectivity index (χ3n) is 3.30. The summed E-state index contributed by atoms with van der Waals surface area (Å²) in [6.45, 7) is 4.30. The number of aromatic nitrogens is 1. The number of anilines is 1. The fourth-order valence-electron chi connectivity index (χ4n) is 2.08. The highest BCUT2D eigenvalue weighted by atomic mass is 16.5. The maximum absolute atomic E-state index is 12.3. The van der Waals surface area contributed by atoms with Gasteiger partial charge in [-0.25, -0.2) is 4.98 Å². The van der Waals surface area contributed by atoms with Gasteiger partial charge in [0.1, 0.15) is 11.5 Å². The molecule has 5 heteroatoms. The van der Waals surface area contributed by atoms with E-state index in [1.807, 2.05) is 19.2 Å². The van der Waals surface area contributed by atoms with Crippen molar-refractivity contribution < 1.29 is 9.53 Å². The first-order chi connectivity index (χ1) is 9.22. The Morgan fingerprint density at radius 3 is 3.11 bits per heavy atom. The first-order valence-corrected chi connectivity index (χ1v) is 6.78. The molecule has 19 heavy (non-hydrogen) atoms. The van der Waals surface area contributed by atoms with Crippen molar-refractivity contribution in [1.82, 2.24) is 9.88 Å².